The van der Waals surface area contributed by atoms with Crippen LogP contribution in [0.25, 0.3) is 110 Å². The summed E-state index contributed by atoms with van der Waals surface area (Å²) in [5, 5.41) is 12.2. The van der Waals surface area contributed by atoms with Gasteiger partial charge in [0.1, 0.15) is 0 Å². The van der Waals surface area contributed by atoms with Crippen molar-refractivity contribution in [3.05, 3.63) is 194 Å². The van der Waals surface area contributed by atoms with E-state index >= 15 is 0 Å². The second kappa shape index (κ2) is 12.2. The maximum Gasteiger partial charge on any atom is 0.0722 e. The first-order chi connectivity index (χ1) is 26.7. The molecule has 0 fully saturated rings. The fourth-order valence-electron chi connectivity index (χ4n) is 8.40. The van der Waals surface area contributed by atoms with Gasteiger partial charge in [-0.15, -0.1) is 0 Å². The average Bonchev–Trinajstić information content (AvgIpc) is 3.25. The number of nitrogens with zero attached hydrogens (tertiary/aromatic N) is 2. The first-order valence-corrected chi connectivity index (χ1v) is 18.5. The number of pyridine rings is 2. The van der Waals surface area contributed by atoms with Gasteiger partial charge in [-0.3, -0.25) is 4.98 Å². The molecule has 0 aliphatic rings. The maximum atomic E-state index is 5.42. The van der Waals surface area contributed by atoms with Gasteiger partial charge in [0.2, 0.25) is 0 Å². The van der Waals surface area contributed by atoms with Crippen LogP contribution in [0.2, 0.25) is 0 Å². The van der Waals surface area contributed by atoms with Gasteiger partial charge in [-0.05, 0) is 113 Å². The van der Waals surface area contributed by atoms with Crippen LogP contribution in [0.3, 0.4) is 0 Å². The van der Waals surface area contributed by atoms with E-state index in [4.69, 9.17) is 9.97 Å². The van der Waals surface area contributed by atoms with Crippen molar-refractivity contribution in [1.29, 1.82) is 0 Å². The molecule has 0 radical (unpaired) electrons. The van der Waals surface area contributed by atoms with E-state index < -0.39 is 0 Å². The lowest BCUT2D eigenvalue weighted by molar-refractivity contribution is 1.40. The van der Waals surface area contributed by atoms with Crippen LogP contribution < -0.4 is 0 Å². The van der Waals surface area contributed by atoms with E-state index in [0.29, 0.717) is 0 Å². The lowest BCUT2D eigenvalue weighted by Crippen LogP contribution is -1.93. The van der Waals surface area contributed by atoms with E-state index in [-0.39, 0.29) is 0 Å². The molecule has 0 unspecified atom stereocenters. The summed E-state index contributed by atoms with van der Waals surface area (Å²) in [5.74, 6) is 0. The normalized spacial score (nSPS) is 11.7. The van der Waals surface area contributed by atoms with Gasteiger partial charge >= 0.3 is 0 Å². The molecular weight excluding hydrogens is 653 g/mol. The first kappa shape index (κ1) is 30.5. The van der Waals surface area contributed by atoms with Gasteiger partial charge in [0.05, 0.1) is 16.7 Å². The molecule has 11 aromatic rings. The van der Waals surface area contributed by atoms with Crippen molar-refractivity contribution < 1.29 is 0 Å². The Morgan fingerprint density at radius 1 is 0.278 bits per heavy atom. The molecule has 0 saturated heterocycles. The lowest BCUT2D eigenvalue weighted by atomic mass is 9.90. The minimum absolute atomic E-state index is 0.964. The Bertz CT molecular complexity index is 3270. The van der Waals surface area contributed by atoms with E-state index in [0.717, 1.165) is 55.3 Å². The first-order valence-electron chi connectivity index (χ1n) is 18.5. The van der Waals surface area contributed by atoms with Crippen molar-refractivity contribution in [2.24, 2.45) is 0 Å². The Morgan fingerprint density at radius 3 is 1.50 bits per heavy atom. The molecule has 9 aromatic carbocycles. The Morgan fingerprint density at radius 2 is 0.796 bits per heavy atom. The molecule has 0 spiro atoms. The van der Waals surface area contributed by atoms with Gasteiger partial charge in [0.15, 0.2) is 0 Å². The van der Waals surface area contributed by atoms with Crippen LogP contribution in [0.15, 0.2) is 194 Å². The van der Waals surface area contributed by atoms with Crippen LogP contribution in [-0.2, 0) is 0 Å². The Kier molecular flexibility index (Phi) is 6.90. The van der Waals surface area contributed by atoms with Gasteiger partial charge in [-0.1, -0.05) is 146 Å². The van der Waals surface area contributed by atoms with Crippen LogP contribution in [0, 0.1) is 0 Å². The summed E-state index contributed by atoms with van der Waals surface area (Å²) in [4.78, 5) is 10.2. The minimum Gasteiger partial charge on any atom is -0.256 e. The smallest absolute Gasteiger partial charge is 0.0722 e. The van der Waals surface area contributed by atoms with Crippen molar-refractivity contribution in [3.63, 3.8) is 0 Å². The topological polar surface area (TPSA) is 25.8 Å². The average molecular weight is 685 g/mol. The quantitative estimate of drug-likeness (QED) is 0.172. The molecule has 11 rings (SSSR count). The maximum absolute atomic E-state index is 5.42. The SMILES string of the molecule is c1ccc2ncc(-c3ccc(-c4cc(-c5cc6ccccc6c6ccccc56)nc5ccc(-c6cc7ccccc7c7ccccc67)cc45)cc3)cc2c1. The van der Waals surface area contributed by atoms with Gasteiger partial charge < -0.3 is 0 Å². The zero-order valence-electron chi connectivity index (χ0n) is 29.4. The molecule has 2 heterocycles. The summed E-state index contributed by atoms with van der Waals surface area (Å²) < 4.78 is 0. The third kappa shape index (κ3) is 4.96. The summed E-state index contributed by atoms with van der Waals surface area (Å²) in [6.45, 7) is 0. The van der Waals surface area contributed by atoms with E-state index in [2.05, 4.69) is 182 Å². The fourth-order valence-corrected chi connectivity index (χ4v) is 8.40. The van der Waals surface area contributed by atoms with Gasteiger partial charge in [0.25, 0.3) is 0 Å². The molecule has 2 aromatic heterocycles. The third-order valence-electron chi connectivity index (χ3n) is 11.1. The number of benzene rings is 9. The molecule has 0 atom stereocenters. The van der Waals surface area contributed by atoms with Gasteiger partial charge in [-0.2, -0.15) is 0 Å². The predicted octanol–water partition coefficient (Wildman–Crippen LogP) is 14.1. The monoisotopic (exact) mass is 684 g/mol. The molecular formula is C52H32N2. The van der Waals surface area contributed by atoms with Gasteiger partial charge in [0, 0.05) is 28.1 Å². The molecule has 0 amide bonds. The molecule has 2 heteroatoms. The molecule has 54 heavy (non-hydrogen) atoms. The number of fused-ring (bicyclic) bond motifs is 8. The van der Waals surface area contributed by atoms with Crippen LogP contribution in [0.1, 0.15) is 0 Å². The van der Waals surface area contributed by atoms with Crippen LogP contribution >= 0.6 is 0 Å². The summed E-state index contributed by atoms with van der Waals surface area (Å²) in [6.07, 6.45) is 1.97. The number of aromatic nitrogens is 2. The highest BCUT2D eigenvalue weighted by Gasteiger charge is 2.16. The predicted molar refractivity (Wildman–Crippen MR) is 229 cm³/mol. The summed E-state index contributed by atoms with van der Waals surface area (Å²) in [7, 11) is 0. The van der Waals surface area contributed by atoms with E-state index in [1.807, 2.05) is 12.3 Å². The Labute approximate surface area is 312 Å². The lowest BCUT2D eigenvalue weighted by Gasteiger charge is -2.16. The van der Waals surface area contributed by atoms with Crippen LogP contribution in [-0.4, -0.2) is 9.97 Å². The number of rotatable bonds is 4. The van der Waals surface area contributed by atoms with Gasteiger partial charge in [-0.25, -0.2) is 4.98 Å². The highest BCUT2D eigenvalue weighted by atomic mass is 14.7. The van der Waals surface area contributed by atoms with E-state index in [9.17, 15) is 0 Å². The molecule has 2 nitrogen and oxygen atoms in total. The largest absolute Gasteiger partial charge is 0.256 e. The molecule has 0 aliphatic heterocycles. The fraction of sp³-hybridized carbons (Fsp3) is 0. The Balaban J connectivity index is 1.14. The molecule has 250 valence electrons. The van der Waals surface area contributed by atoms with Crippen molar-refractivity contribution in [2.75, 3.05) is 0 Å². The number of para-hydroxylation sites is 1. The molecule has 0 saturated carbocycles. The van der Waals surface area contributed by atoms with Crippen molar-refractivity contribution in [1.82, 2.24) is 9.97 Å². The highest BCUT2D eigenvalue weighted by molar-refractivity contribution is 6.16. The van der Waals surface area contributed by atoms with E-state index in [1.165, 1.54) is 54.2 Å². The van der Waals surface area contributed by atoms with E-state index in [1.54, 1.807) is 0 Å². The molecule has 0 N–H and O–H groups in total. The summed E-state index contributed by atoms with van der Waals surface area (Å²) in [5.41, 5.74) is 11.0. The third-order valence-corrected chi connectivity index (χ3v) is 11.1. The summed E-state index contributed by atoms with van der Waals surface area (Å²) >= 11 is 0. The zero-order valence-corrected chi connectivity index (χ0v) is 29.4. The Hall–Kier alpha value is -7.16. The number of hydrogen-bond acceptors (Lipinski definition) is 2. The van der Waals surface area contributed by atoms with Crippen molar-refractivity contribution >= 4 is 64.9 Å². The highest BCUT2D eigenvalue weighted by Crippen LogP contribution is 2.41. The van der Waals surface area contributed by atoms with Crippen LogP contribution in [0.4, 0.5) is 0 Å². The van der Waals surface area contributed by atoms with Crippen LogP contribution in [0.5, 0.6) is 0 Å². The molecule has 0 bridgehead atoms. The number of hydrogen-bond donors (Lipinski definition) is 0. The van der Waals surface area contributed by atoms with Crippen molar-refractivity contribution in [2.45, 2.75) is 0 Å². The van der Waals surface area contributed by atoms with Crippen molar-refractivity contribution in [3.8, 4) is 44.6 Å². The second-order valence-electron chi connectivity index (χ2n) is 14.2. The summed E-state index contributed by atoms with van der Waals surface area (Å²) in [6, 6.07) is 68.0. The molecule has 0 aliphatic carbocycles. The minimum atomic E-state index is 0.964. The zero-order chi connectivity index (χ0) is 35.6. The standard InChI is InChI=1S/C52H32N2/c1-4-14-40-35(11-1)28-46(44-18-8-6-16-42(40)44)37-25-26-51-49(30-37)47(34-23-21-33(22-24-34)39-27-38-13-3-10-20-50(38)53-32-39)31-52(54-51)48-29-36-12-2-5-15-41(36)43-17-7-9-19-45(43)48/h1-32H. The second-order valence-corrected chi connectivity index (χ2v) is 14.2.